The average Bonchev–Trinajstić information content (AvgIpc) is 3.21. The number of hydrogen-bond acceptors (Lipinski definition) is 6. The van der Waals surface area contributed by atoms with Crippen LogP contribution in [-0.4, -0.2) is 147 Å². The summed E-state index contributed by atoms with van der Waals surface area (Å²) in [6.07, 6.45) is 18.6. The Labute approximate surface area is 317 Å². The fourth-order valence-electron chi connectivity index (χ4n) is 5.35. The van der Waals surface area contributed by atoms with Crippen molar-refractivity contribution in [2.75, 3.05) is 118 Å². The second kappa shape index (κ2) is 35.9. The largest absolute Gasteiger partial charge is 3.00 e. The molecule has 2 fully saturated rings. The molecule has 0 aromatic heterocycles. The van der Waals surface area contributed by atoms with Gasteiger partial charge in [-0.05, 0) is 38.5 Å². The van der Waals surface area contributed by atoms with Crippen molar-refractivity contribution in [2.45, 2.75) is 38.5 Å². The van der Waals surface area contributed by atoms with Crippen molar-refractivity contribution in [3.05, 3.63) is 75.9 Å². The first-order valence-corrected chi connectivity index (χ1v) is 21.4. The molecule has 2 rings (SSSR count). The predicted molar refractivity (Wildman–Crippen MR) is 192 cm³/mol. The molecule has 0 amide bonds. The normalized spacial score (nSPS) is 18.3. The summed E-state index contributed by atoms with van der Waals surface area (Å²) < 4.78 is 0. The Bertz CT molecular complexity index is 610. The van der Waals surface area contributed by atoms with Gasteiger partial charge in [-0.2, -0.15) is 0 Å². The van der Waals surface area contributed by atoms with Crippen LogP contribution in [0.3, 0.4) is 0 Å². The van der Waals surface area contributed by atoms with E-state index in [0.717, 1.165) is 77.8 Å². The number of halogens is 3. The van der Waals surface area contributed by atoms with Crippen LogP contribution in [0.25, 0.3) is 0 Å². The summed E-state index contributed by atoms with van der Waals surface area (Å²) in [5.41, 5.74) is 0. The molecule has 0 atom stereocenters. The summed E-state index contributed by atoms with van der Waals surface area (Å²) in [5, 5.41) is 0. The molecule has 6 nitrogen and oxygen atoms in total. The third kappa shape index (κ3) is 30.6. The molecule has 0 N–H and O–H groups in total. The van der Waals surface area contributed by atoms with Crippen LogP contribution in [0.15, 0.2) is 75.9 Å². The molecule has 0 spiro atoms. The molecule has 0 saturated carbocycles. The van der Waals surface area contributed by atoms with E-state index >= 15 is 0 Å². The molecule has 0 aromatic rings. The van der Waals surface area contributed by atoms with Gasteiger partial charge < -0.3 is 29.4 Å². The molecule has 0 unspecified atom stereocenters. The summed E-state index contributed by atoms with van der Waals surface area (Å²) in [7, 11) is 12.2. The van der Waals surface area contributed by atoms with Crippen molar-refractivity contribution >= 4 is 0 Å². The van der Waals surface area contributed by atoms with E-state index < -0.39 is 10.7 Å². The van der Waals surface area contributed by atoms with Gasteiger partial charge in [0.25, 0.3) is 0 Å². The second-order valence-corrected chi connectivity index (χ2v) is 17.4. The van der Waals surface area contributed by atoms with Crippen LogP contribution in [0.1, 0.15) is 38.5 Å². The van der Waals surface area contributed by atoms with Crippen LogP contribution in [-0.2, 0) is 27.2 Å². The molecule has 0 aromatic carbocycles. The molecule has 0 bridgehead atoms. The topological polar surface area (TPSA) is 19.4 Å². The van der Waals surface area contributed by atoms with Crippen molar-refractivity contribution < 1.29 is 57.8 Å². The van der Waals surface area contributed by atoms with E-state index in [1.54, 1.807) is 0 Å². The van der Waals surface area contributed by atoms with Crippen LogP contribution in [0.5, 0.6) is 0 Å². The minimum Gasteiger partial charge on any atom is 3.00 e. The zero-order valence-corrected chi connectivity index (χ0v) is 33.6. The van der Waals surface area contributed by atoms with Crippen LogP contribution in [0.4, 0.5) is 0 Å². The van der Waals surface area contributed by atoms with E-state index in [0.29, 0.717) is 0 Å². The molecule has 2 heterocycles. The predicted octanol–water partition coefficient (Wildman–Crippen LogP) is 4.46. The molecule has 2 saturated heterocycles. The van der Waals surface area contributed by atoms with Crippen molar-refractivity contribution in [1.82, 2.24) is 29.4 Å². The first-order chi connectivity index (χ1) is 22.3. The summed E-state index contributed by atoms with van der Waals surface area (Å²) in [6.45, 7) is 43.9. The fraction of sp³-hybridized carbons (Fsp3) is 0.667. The Balaban J connectivity index is 0. The summed E-state index contributed by atoms with van der Waals surface area (Å²) in [4.78, 5) is 15.5. The zero-order valence-electron chi connectivity index (χ0n) is 29.2. The second-order valence-electron chi connectivity index (χ2n) is 11.7. The van der Waals surface area contributed by atoms with Gasteiger partial charge in [-0.1, -0.05) is 36.5 Å². The molecule has 2 aliphatic heterocycles. The number of hydrogen-bond donors (Lipinski definition) is 0. The van der Waals surface area contributed by atoms with Gasteiger partial charge in [-0.3, -0.25) is 0 Å². The fourth-order valence-corrected chi connectivity index (χ4v) is 5.35. The Morgan fingerprint density at radius 2 is 0.447 bits per heavy atom. The minimum absolute atomic E-state index is 0. The maximum atomic E-state index is 4.29. The van der Waals surface area contributed by atoms with E-state index in [4.69, 9.17) is 0 Å². The van der Waals surface area contributed by atoms with Crippen LogP contribution in [0, 0.1) is 30.6 Å². The molecule has 11 heteroatoms. The molecule has 1 radical (unpaired) electrons. The van der Waals surface area contributed by atoms with E-state index in [1.165, 1.54) is 78.5 Å². The Kier molecular flexibility index (Phi) is 37.5. The van der Waals surface area contributed by atoms with Crippen LogP contribution >= 0.6 is 0 Å². The minimum atomic E-state index is -0.708. The Morgan fingerprint density at radius 3 is 0.532 bits per heavy atom. The SMILES string of the molecule is C=CCCN1CCN(CCC=C)CCN(CCC=C)CC1.C=CCCN1CCN(CCC=C)CCN(CCC=C)CC1.[ClH+][Ni]([ClH+])[ClH+].[Ni+3]. The molecular weight excluding hydrogens is 740 g/mol. The molecule has 2 aliphatic rings. The van der Waals surface area contributed by atoms with Gasteiger partial charge in [0.2, 0.25) is 0 Å². The van der Waals surface area contributed by atoms with Crippen molar-refractivity contribution in [3.63, 3.8) is 0 Å². The number of nitrogens with zero attached hydrogens (tertiary/aromatic N) is 6. The van der Waals surface area contributed by atoms with Gasteiger partial charge in [-0.25, -0.2) is 0 Å². The monoisotopic (exact) mass is 806 g/mol. The smallest absolute Gasteiger partial charge is 3.00 e. The molecule has 0 aliphatic carbocycles. The van der Waals surface area contributed by atoms with Gasteiger partial charge in [-0.15, -0.1) is 39.5 Å². The molecule has 47 heavy (non-hydrogen) atoms. The van der Waals surface area contributed by atoms with E-state index in [2.05, 4.69) is 99.5 Å². The maximum Gasteiger partial charge on any atom is 3.00 e. The first kappa shape index (κ1) is 49.2. The van der Waals surface area contributed by atoms with E-state index in [-0.39, 0.29) is 16.5 Å². The third-order valence-corrected chi connectivity index (χ3v) is 8.29. The zero-order chi connectivity index (χ0) is 34.3. The summed E-state index contributed by atoms with van der Waals surface area (Å²) in [6, 6.07) is 0. The van der Waals surface area contributed by atoms with Gasteiger partial charge in [0, 0.05) is 118 Å². The Morgan fingerprint density at radius 1 is 0.340 bits per heavy atom. The summed E-state index contributed by atoms with van der Waals surface area (Å²) >= 11 is 0. The van der Waals surface area contributed by atoms with E-state index in [9.17, 15) is 0 Å². The third-order valence-electron chi connectivity index (χ3n) is 8.29. The van der Waals surface area contributed by atoms with Gasteiger partial charge in [0.1, 0.15) is 0 Å². The van der Waals surface area contributed by atoms with Gasteiger partial charge in [0.15, 0.2) is 0 Å². The average molecular weight is 810 g/mol. The quantitative estimate of drug-likeness (QED) is 0.150. The summed E-state index contributed by atoms with van der Waals surface area (Å²) in [5.74, 6) is 0. The Hall–Kier alpha value is 0.0570. The van der Waals surface area contributed by atoms with Crippen molar-refractivity contribution in [2.24, 2.45) is 0 Å². The van der Waals surface area contributed by atoms with E-state index in [1.807, 2.05) is 36.5 Å². The van der Waals surface area contributed by atoms with Crippen LogP contribution in [0.2, 0.25) is 0 Å². The molecule has 278 valence electrons. The number of rotatable bonds is 18. The van der Waals surface area contributed by atoms with Crippen molar-refractivity contribution in [1.29, 1.82) is 0 Å². The van der Waals surface area contributed by atoms with Crippen molar-refractivity contribution in [3.8, 4) is 0 Å². The maximum absolute atomic E-state index is 4.29. The van der Waals surface area contributed by atoms with Gasteiger partial charge >= 0.3 is 57.8 Å². The standard InChI is InChI=1S/2C18H33N3.3ClH.2Ni/c2*1-4-7-10-19-13-15-20(11-8-5-2)17-18-21(16-14-19)12-9-6-3;;;;;/h2*4-6H,1-3,7-18H2;3*1H;;/q;;;;;2*+3. The van der Waals surface area contributed by atoms with Gasteiger partial charge in [0.05, 0.1) is 0 Å². The van der Waals surface area contributed by atoms with Crippen LogP contribution < -0.4 is 0 Å². The molecular formula is C36H69Cl3N6Ni2+6. The first-order valence-electron chi connectivity index (χ1n) is 17.0.